The van der Waals surface area contributed by atoms with E-state index in [9.17, 15) is 0 Å². The number of imidazole rings is 1. The normalized spacial score (nSPS) is 11.2. The largest absolute Gasteiger partial charge is 0.385 e. The quantitative estimate of drug-likeness (QED) is 0.712. The predicted octanol–water partition coefficient (Wildman–Crippen LogP) is 2.33. The molecule has 5 nitrogen and oxygen atoms in total. The lowest BCUT2D eigenvalue weighted by Crippen LogP contribution is -2.08. The second-order valence-electron chi connectivity index (χ2n) is 4.34. The standard InChI is InChI=1S/C14H16N4O/c1-19-10-4-7-15-13-14-16-8-9-18(14)12-6-3-2-5-11(12)17-13/h2-3,5-6,8-9H,4,7,10H2,1H3,(H,15,17). The Kier molecular flexibility index (Phi) is 3.29. The van der Waals surface area contributed by atoms with Crippen LogP contribution in [0.25, 0.3) is 16.7 Å². The average Bonchev–Trinajstić information content (AvgIpc) is 2.93. The molecule has 0 aliphatic rings. The van der Waals surface area contributed by atoms with Gasteiger partial charge in [0.25, 0.3) is 0 Å². The molecule has 1 aromatic carbocycles. The fraction of sp³-hybridized carbons (Fsp3) is 0.286. The van der Waals surface area contributed by atoms with E-state index in [1.54, 1.807) is 13.3 Å². The Morgan fingerprint density at radius 2 is 2.21 bits per heavy atom. The third-order valence-corrected chi connectivity index (χ3v) is 3.04. The summed E-state index contributed by atoms with van der Waals surface area (Å²) < 4.78 is 7.10. The molecule has 5 heteroatoms. The molecule has 98 valence electrons. The Balaban J connectivity index is 1.99. The molecule has 0 fully saturated rings. The van der Waals surface area contributed by atoms with E-state index in [0.717, 1.165) is 42.1 Å². The van der Waals surface area contributed by atoms with E-state index in [4.69, 9.17) is 4.74 Å². The van der Waals surface area contributed by atoms with Crippen molar-refractivity contribution in [3.05, 3.63) is 36.7 Å². The summed E-state index contributed by atoms with van der Waals surface area (Å²) >= 11 is 0. The molecule has 2 aromatic heterocycles. The van der Waals surface area contributed by atoms with Gasteiger partial charge in [0, 0.05) is 32.7 Å². The summed E-state index contributed by atoms with van der Waals surface area (Å²) in [6.07, 6.45) is 4.70. The van der Waals surface area contributed by atoms with Gasteiger partial charge >= 0.3 is 0 Å². The summed E-state index contributed by atoms with van der Waals surface area (Å²) in [5.41, 5.74) is 2.88. The topological polar surface area (TPSA) is 51.5 Å². The van der Waals surface area contributed by atoms with Crippen LogP contribution in [0.15, 0.2) is 36.7 Å². The highest BCUT2D eigenvalue weighted by Crippen LogP contribution is 2.20. The van der Waals surface area contributed by atoms with Gasteiger partial charge in [0.15, 0.2) is 11.5 Å². The highest BCUT2D eigenvalue weighted by atomic mass is 16.5. The maximum Gasteiger partial charge on any atom is 0.180 e. The first kappa shape index (κ1) is 11.9. The van der Waals surface area contributed by atoms with Crippen LogP contribution in [0, 0.1) is 0 Å². The monoisotopic (exact) mass is 256 g/mol. The van der Waals surface area contributed by atoms with Crippen molar-refractivity contribution in [3.8, 4) is 0 Å². The minimum absolute atomic E-state index is 0.741. The molecule has 1 N–H and O–H groups in total. The Morgan fingerprint density at radius 1 is 1.32 bits per heavy atom. The van der Waals surface area contributed by atoms with Gasteiger partial charge in [0.05, 0.1) is 11.0 Å². The van der Waals surface area contributed by atoms with Crippen molar-refractivity contribution >= 4 is 22.5 Å². The predicted molar refractivity (Wildman–Crippen MR) is 75.5 cm³/mol. The van der Waals surface area contributed by atoms with E-state index in [0.29, 0.717) is 0 Å². The van der Waals surface area contributed by atoms with Gasteiger partial charge in [-0.05, 0) is 18.6 Å². The van der Waals surface area contributed by atoms with Gasteiger partial charge < -0.3 is 10.1 Å². The van der Waals surface area contributed by atoms with Crippen LogP contribution in [0.2, 0.25) is 0 Å². The summed E-state index contributed by atoms with van der Waals surface area (Å²) in [4.78, 5) is 9.01. The average molecular weight is 256 g/mol. The third-order valence-electron chi connectivity index (χ3n) is 3.04. The number of aromatic nitrogens is 3. The Morgan fingerprint density at radius 3 is 3.11 bits per heavy atom. The second-order valence-corrected chi connectivity index (χ2v) is 4.34. The van der Waals surface area contributed by atoms with E-state index in [1.807, 2.05) is 30.5 Å². The smallest absolute Gasteiger partial charge is 0.180 e. The number of hydrogen-bond donors (Lipinski definition) is 1. The summed E-state index contributed by atoms with van der Waals surface area (Å²) in [6, 6.07) is 8.06. The molecule has 0 amide bonds. The minimum atomic E-state index is 0.741. The molecule has 3 aromatic rings. The first-order valence-corrected chi connectivity index (χ1v) is 6.35. The lowest BCUT2D eigenvalue weighted by atomic mass is 10.3. The second kappa shape index (κ2) is 5.24. The molecular formula is C14H16N4O. The highest BCUT2D eigenvalue weighted by molar-refractivity contribution is 5.82. The van der Waals surface area contributed by atoms with Crippen LogP contribution in [-0.4, -0.2) is 34.6 Å². The molecule has 0 unspecified atom stereocenters. The number of ether oxygens (including phenoxy) is 1. The lowest BCUT2D eigenvalue weighted by Gasteiger charge is -2.09. The van der Waals surface area contributed by atoms with E-state index in [2.05, 4.69) is 19.7 Å². The number of hydrogen-bond acceptors (Lipinski definition) is 4. The van der Waals surface area contributed by atoms with Crippen LogP contribution in [0.5, 0.6) is 0 Å². The highest BCUT2D eigenvalue weighted by Gasteiger charge is 2.08. The number of anilines is 1. The summed E-state index contributed by atoms with van der Waals surface area (Å²) in [6.45, 7) is 1.56. The third kappa shape index (κ3) is 2.24. The molecule has 0 aliphatic carbocycles. The molecule has 0 saturated carbocycles. The first-order valence-electron chi connectivity index (χ1n) is 6.35. The molecule has 0 radical (unpaired) electrons. The van der Waals surface area contributed by atoms with Crippen molar-refractivity contribution in [2.45, 2.75) is 6.42 Å². The van der Waals surface area contributed by atoms with Crippen LogP contribution in [0.4, 0.5) is 5.82 Å². The van der Waals surface area contributed by atoms with E-state index >= 15 is 0 Å². The van der Waals surface area contributed by atoms with Crippen molar-refractivity contribution in [3.63, 3.8) is 0 Å². The summed E-state index contributed by atoms with van der Waals surface area (Å²) in [5, 5.41) is 3.33. The fourth-order valence-electron chi connectivity index (χ4n) is 2.15. The van der Waals surface area contributed by atoms with Crippen LogP contribution >= 0.6 is 0 Å². The summed E-state index contributed by atoms with van der Waals surface area (Å²) in [5.74, 6) is 0.819. The van der Waals surface area contributed by atoms with Crippen LogP contribution in [0.3, 0.4) is 0 Å². The van der Waals surface area contributed by atoms with Crippen molar-refractivity contribution in [1.29, 1.82) is 0 Å². The van der Waals surface area contributed by atoms with Gasteiger partial charge in [-0.1, -0.05) is 12.1 Å². The summed E-state index contributed by atoms with van der Waals surface area (Å²) in [7, 11) is 1.71. The van der Waals surface area contributed by atoms with Crippen LogP contribution in [-0.2, 0) is 4.74 Å². The molecule has 0 spiro atoms. The number of benzene rings is 1. The van der Waals surface area contributed by atoms with Gasteiger partial charge in [0.1, 0.15) is 0 Å². The van der Waals surface area contributed by atoms with Gasteiger partial charge in [-0.3, -0.25) is 4.40 Å². The van der Waals surface area contributed by atoms with Crippen LogP contribution < -0.4 is 5.32 Å². The molecule has 19 heavy (non-hydrogen) atoms. The van der Waals surface area contributed by atoms with Crippen molar-refractivity contribution in [2.24, 2.45) is 0 Å². The van der Waals surface area contributed by atoms with Crippen molar-refractivity contribution in [2.75, 3.05) is 25.6 Å². The zero-order valence-electron chi connectivity index (χ0n) is 10.8. The van der Waals surface area contributed by atoms with Crippen molar-refractivity contribution in [1.82, 2.24) is 14.4 Å². The van der Waals surface area contributed by atoms with Crippen molar-refractivity contribution < 1.29 is 4.74 Å². The number of methoxy groups -OCH3 is 1. The van der Waals surface area contributed by atoms with E-state index in [-0.39, 0.29) is 0 Å². The Hall–Kier alpha value is -2.14. The molecule has 0 atom stereocenters. The molecule has 3 rings (SSSR count). The molecule has 0 bridgehead atoms. The lowest BCUT2D eigenvalue weighted by molar-refractivity contribution is 0.198. The molecular weight excluding hydrogens is 240 g/mol. The van der Waals surface area contributed by atoms with Gasteiger partial charge in [-0.15, -0.1) is 0 Å². The van der Waals surface area contributed by atoms with Gasteiger partial charge in [0.2, 0.25) is 0 Å². The maximum absolute atomic E-state index is 5.04. The zero-order valence-corrected chi connectivity index (χ0v) is 10.8. The fourth-order valence-corrected chi connectivity index (χ4v) is 2.15. The minimum Gasteiger partial charge on any atom is -0.385 e. The van der Waals surface area contributed by atoms with Gasteiger partial charge in [-0.25, -0.2) is 9.97 Å². The number of rotatable bonds is 5. The zero-order chi connectivity index (χ0) is 13.1. The van der Waals surface area contributed by atoms with Gasteiger partial charge in [-0.2, -0.15) is 0 Å². The van der Waals surface area contributed by atoms with Crippen LogP contribution in [0.1, 0.15) is 6.42 Å². The first-order chi connectivity index (χ1) is 9.40. The molecule has 0 aliphatic heterocycles. The Bertz CT molecular complexity index is 692. The Labute approximate surface area is 111 Å². The van der Waals surface area contributed by atoms with E-state index in [1.165, 1.54) is 0 Å². The number of nitrogens with one attached hydrogen (secondary N) is 1. The molecule has 2 heterocycles. The number of nitrogens with zero attached hydrogens (tertiary/aromatic N) is 3. The number of fused-ring (bicyclic) bond motifs is 3. The number of para-hydroxylation sites is 2. The SMILES string of the molecule is COCCCNc1nc2ccccc2n2ccnc12. The molecule has 0 saturated heterocycles. The van der Waals surface area contributed by atoms with E-state index < -0.39 is 0 Å². The maximum atomic E-state index is 5.04.